The lowest BCUT2D eigenvalue weighted by Gasteiger charge is -2.47. The molecular weight excluding hydrogens is 214 g/mol. The van der Waals surface area contributed by atoms with E-state index in [1.54, 1.807) is 0 Å². The highest BCUT2D eigenvalue weighted by Crippen LogP contribution is 2.37. The van der Waals surface area contributed by atoms with Gasteiger partial charge in [0, 0.05) is 5.54 Å². The third-order valence-corrected chi connectivity index (χ3v) is 3.52. The van der Waals surface area contributed by atoms with Gasteiger partial charge in [0.1, 0.15) is 0 Å². The van der Waals surface area contributed by atoms with Crippen molar-refractivity contribution in [3.8, 4) is 0 Å². The summed E-state index contributed by atoms with van der Waals surface area (Å²) in [6.07, 6.45) is 0.893. The summed E-state index contributed by atoms with van der Waals surface area (Å²) >= 11 is 0. The first-order valence-corrected chi connectivity index (χ1v) is 5.82. The molecule has 1 aromatic carbocycles. The van der Waals surface area contributed by atoms with Crippen molar-refractivity contribution in [2.75, 3.05) is 0 Å². The van der Waals surface area contributed by atoms with E-state index in [9.17, 15) is 0 Å². The smallest absolute Gasteiger partial charge is 0.234 e. The van der Waals surface area contributed by atoms with Gasteiger partial charge in [0.2, 0.25) is 5.96 Å². The molecule has 3 N–H and O–H groups in total. The lowest BCUT2D eigenvalue weighted by Crippen LogP contribution is -2.55. The topological polar surface area (TPSA) is 61.8 Å². The van der Waals surface area contributed by atoms with Crippen molar-refractivity contribution in [2.24, 2.45) is 10.9 Å². The molecule has 17 heavy (non-hydrogen) atoms. The number of nitrogens with zero attached hydrogens (tertiary/aromatic N) is 2. The summed E-state index contributed by atoms with van der Waals surface area (Å²) in [6, 6.07) is 8.45. The molecule has 1 aromatic rings. The number of rotatable bonds is 0. The zero-order valence-electron chi connectivity index (χ0n) is 10.5. The minimum atomic E-state index is -0.149. The Balaban J connectivity index is 2.51. The predicted molar refractivity (Wildman–Crippen MR) is 67.9 cm³/mol. The summed E-state index contributed by atoms with van der Waals surface area (Å²) in [5, 5.41) is 12.1. The van der Waals surface area contributed by atoms with Crippen molar-refractivity contribution in [2.45, 2.75) is 38.8 Å². The fourth-order valence-corrected chi connectivity index (χ4v) is 2.87. The average Bonchev–Trinajstić information content (AvgIpc) is 2.27. The Morgan fingerprint density at radius 2 is 2.12 bits per heavy atom. The molecule has 1 atom stereocenters. The molecule has 4 heteroatoms. The van der Waals surface area contributed by atoms with Crippen molar-refractivity contribution < 1.29 is 5.21 Å². The Labute approximate surface area is 102 Å². The van der Waals surface area contributed by atoms with Gasteiger partial charge >= 0.3 is 0 Å². The molecule has 92 valence electrons. The van der Waals surface area contributed by atoms with Gasteiger partial charge in [0.25, 0.3) is 0 Å². The van der Waals surface area contributed by atoms with Crippen LogP contribution in [0.1, 0.15) is 37.9 Å². The van der Waals surface area contributed by atoms with Gasteiger partial charge in [-0.2, -0.15) is 0 Å². The van der Waals surface area contributed by atoms with E-state index in [4.69, 9.17) is 10.9 Å². The van der Waals surface area contributed by atoms with Gasteiger partial charge in [0.05, 0.1) is 6.04 Å². The molecule has 0 amide bonds. The molecule has 2 rings (SSSR count). The van der Waals surface area contributed by atoms with Gasteiger partial charge in [-0.15, -0.1) is 0 Å². The standard InChI is InChI=1S/C13H19N3O/c1-9-11-7-5-4-6-10(11)8-13(2,3)16(9)12(14)15-17/h4-7,9,17H,8H2,1-3H3,(H2,14,15)/t9-/m1/s1. The molecular formula is C13H19N3O. The minimum Gasteiger partial charge on any atom is -0.408 e. The average molecular weight is 233 g/mol. The summed E-state index contributed by atoms with van der Waals surface area (Å²) in [5.41, 5.74) is 8.24. The van der Waals surface area contributed by atoms with E-state index >= 15 is 0 Å². The van der Waals surface area contributed by atoms with E-state index in [0.29, 0.717) is 0 Å². The van der Waals surface area contributed by atoms with Gasteiger partial charge in [-0.05, 0) is 38.3 Å². The summed E-state index contributed by atoms with van der Waals surface area (Å²) < 4.78 is 0. The number of oxime groups is 1. The Hall–Kier alpha value is -1.71. The number of nitrogens with two attached hydrogens (primary N) is 1. The second-order valence-electron chi connectivity index (χ2n) is 5.19. The van der Waals surface area contributed by atoms with E-state index in [-0.39, 0.29) is 17.5 Å². The van der Waals surface area contributed by atoms with Gasteiger partial charge in [-0.3, -0.25) is 0 Å². The van der Waals surface area contributed by atoms with Crippen molar-refractivity contribution >= 4 is 5.96 Å². The maximum atomic E-state index is 8.91. The van der Waals surface area contributed by atoms with Crippen LogP contribution in [0.15, 0.2) is 29.4 Å². The highest BCUT2D eigenvalue weighted by Gasteiger charge is 2.38. The summed E-state index contributed by atoms with van der Waals surface area (Å²) in [4.78, 5) is 1.97. The molecule has 0 unspecified atom stereocenters. The molecule has 0 bridgehead atoms. The largest absolute Gasteiger partial charge is 0.408 e. The van der Waals surface area contributed by atoms with Crippen molar-refractivity contribution in [3.63, 3.8) is 0 Å². The highest BCUT2D eigenvalue weighted by atomic mass is 16.4. The van der Waals surface area contributed by atoms with Gasteiger partial charge in [-0.1, -0.05) is 29.4 Å². The van der Waals surface area contributed by atoms with E-state index in [1.807, 2.05) is 11.0 Å². The van der Waals surface area contributed by atoms with Crippen LogP contribution in [-0.4, -0.2) is 21.6 Å². The van der Waals surface area contributed by atoms with E-state index in [0.717, 1.165) is 6.42 Å². The molecule has 0 spiro atoms. The molecule has 0 radical (unpaired) electrons. The normalized spacial score (nSPS) is 23.4. The third-order valence-electron chi connectivity index (χ3n) is 3.52. The SMILES string of the molecule is C[C@@H]1c2ccccc2CC(C)(C)N1C(N)=NO. The quantitative estimate of drug-likeness (QED) is 0.312. The zero-order chi connectivity index (χ0) is 12.6. The second-order valence-corrected chi connectivity index (χ2v) is 5.19. The fourth-order valence-electron chi connectivity index (χ4n) is 2.87. The number of hydrogen-bond acceptors (Lipinski definition) is 2. The molecule has 0 saturated heterocycles. The first kappa shape index (κ1) is 11.8. The minimum absolute atomic E-state index is 0.117. The number of guanidine groups is 1. The Morgan fingerprint density at radius 3 is 2.76 bits per heavy atom. The highest BCUT2D eigenvalue weighted by molar-refractivity contribution is 5.79. The van der Waals surface area contributed by atoms with E-state index in [2.05, 4.69) is 44.1 Å². The fraction of sp³-hybridized carbons (Fsp3) is 0.462. The Morgan fingerprint density at radius 1 is 1.47 bits per heavy atom. The van der Waals surface area contributed by atoms with Crippen LogP contribution in [0.4, 0.5) is 0 Å². The van der Waals surface area contributed by atoms with Crippen LogP contribution in [-0.2, 0) is 6.42 Å². The molecule has 4 nitrogen and oxygen atoms in total. The lowest BCUT2D eigenvalue weighted by atomic mass is 9.82. The molecule has 1 heterocycles. The zero-order valence-corrected chi connectivity index (χ0v) is 10.5. The van der Waals surface area contributed by atoms with Crippen molar-refractivity contribution in [1.82, 2.24) is 4.90 Å². The molecule has 1 aliphatic rings. The Kier molecular flexibility index (Phi) is 2.73. The van der Waals surface area contributed by atoms with Gasteiger partial charge < -0.3 is 15.8 Å². The maximum absolute atomic E-state index is 8.91. The number of benzene rings is 1. The monoisotopic (exact) mass is 233 g/mol. The first-order chi connectivity index (χ1) is 7.97. The Bertz CT molecular complexity index is 454. The molecule has 0 fully saturated rings. The van der Waals surface area contributed by atoms with Crippen molar-refractivity contribution in [1.29, 1.82) is 0 Å². The number of hydrogen-bond donors (Lipinski definition) is 2. The summed E-state index contributed by atoms with van der Waals surface area (Å²) in [6.45, 7) is 6.30. The maximum Gasteiger partial charge on any atom is 0.234 e. The van der Waals surface area contributed by atoms with E-state index < -0.39 is 0 Å². The first-order valence-electron chi connectivity index (χ1n) is 5.82. The van der Waals surface area contributed by atoms with E-state index in [1.165, 1.54) is 11.1 Å². The molecule has 0 saturated carbocycles. The van der Waals surface area contributed by atoms with Crippen LogP contribution in [0.2, 0.25) is 0 Å². The second kappa shape index (κ2) is 3.95. The molecule has 1 aliphatic heterocycles. The summed E-state index contributed by atoms with van der Waals surface area (Å²) in [7, 11) is 0. The molecule has 0 aliphatic carbocycles. The molecule has 0 aromatic heterocycles. The van der Waals surface area contributed by atoms with Gasteiger partial charge in [-0.25, -0.2) is 0 Å². The number of fused-ring (bicyclic) bond motifs is 1. The van der Waals surface area contributed by atoms with Crippen molar-refractivity contribution in [3.05, 3.63) is 35.4 Å². The summed E-state index contributed by atoms with van der Waals surface area (Å²) in [5.74, 6) is 0.178. The van der Waals surface area contributed by atoms with Crippen LogP contribution < -0.4 is 5.73 Å². The predicted octanol–water partition coefficient (Wildman–Crippen LogP) is 2.09. The van der Waals surface area contributed by atoms with Gasteiger partial charge in [0.15, 0.2) is 0 Å². The lowest BCUT2D eigenvalue weighted by molar-refractivity contribution is 0.139. The van der Waals surface area contributed by atoms with Crippen LogP contribution >= 0.6 is 0 Å². The third kappa shape index (κ3) is 1.84. The van der Waals surface area contributed by atoms with Crippen LogP contribution in [0.5, 0.6) is 0 Å². The van der Waals surface area contributed by atoms with Crippen LogP contribution in [0.3, 0.4) is 0 Å². The van der Waals surface area contributed by atoms with Crippen LogP contribution in [0, 0.1) is 0 Å². The van der Waals surface area contributed by atoms with Crippen LogP contribution in [0.25, 0.3) is 0 Å².